The Morgan fingerprint density at radius 3 is 2.79 bits per heavy atom. The number of ketones is 1. The maximum Gasteiger partial charge on any atom is 0.234 e. The van der Waals surface area contributed by atoms with Crippen molar-refractivity contribution in [1.29, 1.82) is 0 Å². The second-order valence-electron chi connectivity index (χ2n) is 3.92. The molecule has 0 aliphatic rings. The molecule has 0 bridgehead atoms. The molecule has 0 atom stereocenters. The molecule has 0 aliphatic heterocycles. The van der Waals surface area contributed by atoms with E-state index in [4.69, 9.17) is 16.1 Å². The average molecular weight is 297 g/mol. The first-order chi connectivity index (χ1) is 9.17. The highest BCUT2D eigenvalue weighted by Crippen LogP contribution is 2.23. The molecule has 0 radical (unpaired) electrons. The van der Waals surface area contributed by atoms with Crippen LogP contribution in [0.2, 0.25) is 5.02 Å². The van der Waals surface area contributed by atoms with Crippen LogP contribution in [0.25, 0.3) is 0 Å². The van der Waals surface area contributed by atoms with E-state index in [-0.39, 0.29) is 12.2 Å². The SMILES string of the molecule is CCC(=O)Cc1nc(CSc2ccc(Cl)cc2)no1. The van der Waals surface area contributed by atoms with Gasteiger partial charge >= 0.3 is 0 Å². The predicted octanol–water partition coefficient (Wildman–Crippen LogP) is 3.54. The van der Waals surface area contributed by atoms with Gasteiger partial charge in [0.15, 0.2) is 5.82 Å². The van der Waals surface area contributed by atoms with Gasteiger partial charge in [0, 0.05) is 16.3 Å². The standard InChI is InChI=1S/C13H13ClN2O2S/c1-2-10(17)7-13-15-12(16-18-13)8-19-11-5-3-9(14)4-6-11/h3-6H,2,7-8H2,1H3. The second-order valence-corrected chi connectivity index (χ2v) is 5.40. The quantitative estimate of drug-likeness (QED) is 0.763. The lowest BCUT2D eigenvalue weighted by Crippen LogP contribution is -2.00. The third-order valence-electron chi connectivity index (χ3n) is 2.43. The van der Waals surface area contributed by atoms with E-state index in [1.165, 1.54) is 0 Å². The van der Waals surface area contributed by atoms with Crippen molar-refractivity contribution in [3.63, 3.8) is 0 Å². The molecule has 4 nitrogen and oxygen atoms in total. The molecule has 0 aliphatic carbocycles. The lowest BCUT2D eigenvalue weighted by atomic mass is 10.2. The summed E-state index contributed by atoms with van der Waals surface area (Å²) in [5.74, 6) is 1.68. The summed E-state index contributed by atoms with van der Waals surface area (Å²) >= 11 is 7.41. The maximum absolute atomic E-state index is 11.3. The molecule has 0 N–H and O–H groups in total. The van der Waals surface area contributed by atoms with E-state index in [9.17, 15) is 4.79 Å². The van der Waals surface area contributed by atoms with Crippen LogP contribution in [0, 0.1) is 0 Å². The van der Waals surface area contributed by atoms with E-state index >= 15 is 0 Å². The number of halogens is 1. The van der Waals surface area contributed by atoms with Crippen molar-refractivity contribution in [2.45, 2.75) is 30.4 Å². The van der Waals surface area contributed by atoms with Gasteiger partial charge in [0.25, 0.3) is 0 Å². The van der Waals surface area contributed by atoms with E-state index in [0.29, 0.717) is 28.9 Å². The summed E-state index contributed by atoms with van der Waals surface area (Å²) in [6, 6.07) is 7.56. The molecule has 100 valence electrons. The van der Waals surface area contributed by atoms with E-state index in [2.05, 4.69) is 10.1 Å². The number of rotatable bonds is 6. The Kier molecular flexibility index (Phi) is 4.99. The number of hydrogen-bond donors (Lipinski definition) is 0. The first-order valence-electron chi connectivity index (χ1n) is 5.89. The van der Waals surface area contributed by atoms with Gasteiger partial charge in [-0.15, -0.1) is 11.8 Å². The third-order valence-corrected chi connectivity index (χ3v) is 3.69. The number of carbonyl (C=O) groups excluding carboxylic acids is 1. The number of benzene rings is 1. The molecule has 0 unspecified atom stereocenters. The van der Waals surface area contributed by atoms with Crippen LogP contribution in [0.4, 0.5) is 0 Å². The van der Waals surface area contributed by atoms with Crippen LogP contribution in [0.3, 0.4) is 0 Å². The molecule has 0 saturated heterocycles. The fraction of sp³-hybridized carbons (Fsp3) is 0.308. The lowest BCUT2D eigenvalue weighted by Gasteiger charge is -1.97. The van der Waals surface area contributed by atoms with Gasteiger partial charge in [-0.05, 0) is 24.3 Å². The number of carbonyl (C=O) groups is 1. The highest BCUT2D eigenvalue weighted by atomic mass is 35.5. The van der Waals surface area contributed by atoms with Crippen LogP contribution in [0.5, 0.6) is 0 Å². The zero-order chi connectivity index (χ0) is 13.7. The number of nitrogens with zero attached hydrogens (tertiary/aromatic N) is 2. The number of Topliss-reactive ketones (excluding diaryl/α,β-unsaturated/α-hetero) is 1. The molecule has 0 fully saturated rings. The van der Waals surface area contributed by atoms with Crippen molar-refractivity contribution in [2.24, 2.45) is 0 Å². The topological polar surface area (TPSA) is 56.0 Å². The number of thioether (sulfide) groups is 1. The number of aromatic nitrogens is 2. The van der Waals surface area contributed by atoms with Crippen LogP contribution in [0.1, 0.15) is 25.1 Å². The van der Waals surface area contributed by atoms with Gasteiger partial charge in [0.05, 0.1) is 12.2 Å². The van der Waals surface area contributed by atoms with Crippen LogP contribution in [-0.4, -0.2) is 15.9 Å². The second kappa shape index (κ2) is 6.73. The summed E-state index contributed by atoms with van der Waals surface area (Å²) in [4.78, 5) is 16.5. The number of hydrogen-bond acceptors (Lipinski definition) is 5. The highest BCUT2D eigenvalue weighted by Gasteiger charge is 2.10. The van der Waals surface area contributed by atoms with Gasteiger partial charge in [-0.3, -0.25) is 4.79 Å². The first kappa shape index (κ1) is 14.1. The molecule has 6 heteroatoms. The molecule has 0 spiro atoms. The molecule has 19 heavy (non-hydrogen) atoms. The summed E-state index contributed by atoms with van der Waals surface area (Å²) in [5.41, 5.74) is 0. The Labute approximate surface area is 120 Å². The van der Waals surface area contributed by atoms with Gasteiger partial charge in [0.2, 0.25) is 5.89 Å². The summed E-state index contributed by atoms with van der Waals surface area (Å²) in [6.07, 6.45) is 0.701. The molecule has 2 aromatic rings. The molecule has 1 aromatic carbocycles. The van der Waals surface area contributed by atoms with Crippen molar-refractivity contribution >= 4 is 29.1 Å². The Morgan fingerprint density at radius 1 is 1.37 bits per heavy atom. The highest BCUT2D eigenvalue weighted by molar-refractivity contribution is 7.98. The minimum atomic E-state index is 0.0977. The third kappa shape index (κ3) is 4.36. The van der Waals surface area contributed by atoms with Gasteiger partial charge in [-0.2, -0.15) is 4.98 Å². The Hall–Kier alpha value is -1.33. The molecular formula is C13H13ClN2O2S. The minimum absolute atomic E-state index is 0.0977. The molecule has 2 rings (SSSR count). The van der Waals surface area contributed by atoms with Gasteiger partial charge < -0.3 is 4.52 Å². The summed E-state index contributed by atoms with van der Waals surface area (Å²) in [6.45, 7) is 1.82. The molecule has 0 amide bonds. The van der Waals surface area contributed by atoms with Crippen molar-refractivity contribution in [2.75, 3.05) is 0 Å². The van der Waals surface area contributed by atoms with Gasteiger partial charge in [0.1, 0.15) is 5.78 Å². The van der Waals surface area contributed by atoms with Crippen molar-refractivity contribution in [3.05, 3.63) is 41.0 Å². The van der Waals surface area contributed by atoms with E-state index in [1.54, 1.807) is 11.8 Å². The van der Waals surface area contributed by atoms with Gasteiger partial charge in [-0.25, -0.2) is 0 Å². The first-order valence-corrected chi connectivity index (χ1v) is 7.25. The largest absolute Gasteiger partial charge is 0.339 e. The lowest BCUT2D eigenvalue weighted by molar-refractivity contribution is -0.118. The Morgan fingerprint density at radius 2 is 2.11 bits per heavy atom. The average Bonchev–Trinajstić information content (AvgIpc) is 2.85. The fourth-order valence-electron chi connectivity index (χ4n) is 1.39. The van der Waals surface area contributed by atoms with Crippen LogP contribution in [-0.2, 0) is 17.0 Å². The van der Waals surface area contributed by atoms with Crippen LogP contribution >= 0.6 is 23.4 Å². The monoisotopic (exact) mass is 296 g/mol. The summed E-state index contributed by atoms with van der Waals surface area (Å²) < 4.78 is 5.03. The van der Waals surface area contributed by atoms with E-state index < -0.39 is 0 Å². The van der Waals surface area contributed by atoms with Gasteiger partial charge in [-0.1, -0.05) is 23.7 Å². The predicted molar refractivity (Wildman–Crippen MR) is 74.3 cm³/mol. The normalized spacial score (nSPS) is 10.6. The zero-order valence-corrected chi connectivity index (χ0v) is 12.0. The minimum Gasteiger partial charge on any atom is -0.339 e. The maximum atomic E-state index is 11.3. The molecule has 1 heterocycles. The van der Waals surface area contributed by atoms with Crippen LogP contribution < -0.4 is 0 Å². The molecular weight excluding hydrogens is 284 g/mol. The van der Waals surface area contributed by atoms with Crippen molar-refractivity contribution in [3.8, 4) is 0 Å². The smallest absolute Gasteiger partial charge is 0.234 e. The molecule has 1 aromatic heterocycles. The Balaban J connectivity index is 1.89. The Bertz CT molecular complexity index is 554. The van der Waals surface area contributed by atoms with Crippen molar-refractivity contribution in [1.82, 2.24) is 10.1 Å². The van der Waals surface area contributed by atoms with E-state index in [1.807, 2.05) is 31.2 Å². The van der Waals surface area contributed by atoms with Crippen molar-refractivity contribution < 1.29 is 9.32 Å². The fourth-order valence-corrected chi connectivity index (χ4v) is 2.26. The summed E-state index contributed by atoms with van der Waals surface area (Å²) in [7, 11) is 0. The molecule has 0 saturated carbocycles. The zero-order valence-electron chi connectivity index (χ0n) is 10.4. The van der Waals surface area contributed by atoms with E-state index in [0.717, 1.165) is 4.90 Å². The van der Waals surface area contributed by atoms with Crippen LogP contribution in [0.15, 0.2) is 33.7 Å². The summed E-state index contributed by atoms with van der Waals surface area (Å²) in [5, 5.41) is 4.56.